The topological polar surface area (TPSA) is 73.6 Å². The van der Waals surface area contributed by atoms with Crippen LogP contribution in [0.1, 0.15) is 16.7 Å². The van der Waals surface area contributed by atoms with E-state index in [9.17, 15) is 14.0 Å². The third kappa shape index (κ3) is 3.07. The summed E-state index contributed by atoms with van der Waals surface area (Å²) in [6.45, 7) is 0.457. The van der Waals surface area contributed by atoms with E-state index < -0.39 is 10.7 Å². The number of hydrogen-bond donors (Lipinski definition) is 0. The maximum Gasteiger partial charge on any atom is 0.268 e. The molecule has 8 heteroatoms. The van der Waals surface area contributed by atoms with Crippen LogP contribution in [0.25, 0.3) is 0 Å². The Morgan fingerprint density at radius 1 is 1.34 bits per heavy atom. The van der Waals surface area contributed by atoms with Crippen molar-refractivity contribution >= 4 is 29.3 Å². The average Bonchev–Trinajstić information content (AvgIpc) is 3.26. The molecule has 0 bridgehead atoms. The molecule has 0 aromatic heterocycles. The number of methoxy groups -OCH3 is 1. The third-order valence-electron chi connectivity index (χ3n) is 5.12. The molecule has 2 aromatic rings. The van der Waals surface area contributed by atoms with E-state index in [1.54, 1.807) is 29.2 Å². The summed E-state index contributed by atoms with van der Waals surface area (Å²) in [6.07, 6.45) is 0. The van der Waals surface area contributed by atoms with E-state index in [2.05, 4.69) is 6.07 Å². The molecule has 2 heterocycles. The Morgan fingerprint density at radius 2 is 2.17 bits per heavy atom. The van der Waals surface area contributed by atoms with E-state index in [-0.39, 0.29) is 25.0 Å². The molecule has 4 rings (SSSR count). The smallest absolute Gasteiger partial charge is 0.268 e. The van der Waals surface area contributed by atoms with E-state index in [1.165, 1.54) is 35.9 Å². The number of fused-ring (bicyclic) bond motifs is 2. The zero-order valence-corrected chi connectivity index (χ0v) is 16.5. The summed E-state index contributed by atoms with van der Waals surface area (Å²) in [6, 6.07) is 13.3. The van der Waals surface area contributed by atoms with Gasteiger partial charge in [0.05, 0.1) is 23.9 Å². The highest BCUT2D eigenvalue weighted by Crippen LogP contribution is 2.54. The predicted octanol–water partition coefficient (Wildman–Crippen LogP) is 2.62. The largest absolute Gasteiger partial charge is 0.375 e. The van der Waals surface area contributed by atoms with Gasteiger partial charge < -0.3 is 14.5 Å². The molecule has 1 unspecified atom stereocenters. The van der Waals surface area contributed by atoms with Gasteiger partial charge in [-0.15, -0.1) is 11.8 Å². The molecule has 1 spiro atoms. The standard InChI is InChI=1S/C21H18FN3O3S/c1-28-13-19(26)25-7-8-29-21(25)17-10-16(22)5-6-18(17)24(20(21)27)12-15-4-2-3-14(9-15)11-23/h2-6,9-10H,7-8,12-13H2,1H3. The summed E-state index contributed by atoms with van der Waals surface area (Å²) in [5, 5.41) is 9.15. The molecule has 1 atom stereocenters. The maximum atomic E-state index is 14.2. The van der Waals surface area contributed by atoms with Gasteiger partial charge in [0.15, 0.2) is 4.87 Å². The van der Waals surface area contributed by atoms with E-state index in [4.69, 9.17) is 10.00 Å². The van der Waals surface area contributed by atoms with Crippen molar-refractivity contribution in [2.45, 2.75) is 11.4 Å². The number of rotatable bonds is 4. The van der Waals surface area contributed by atoms with Gasteiger partial charge in [-0.05, 0) is 35.9 Å². The third-order valence-corrected chi connectivity index (χ3v) is 6.54. The normalized spacial score (nSPS) is 20.2. The second-order valence-corrected chi connectivity index (χ2v) is 8.12. The second kappa shape index (κ2) is 7.50. The van der Waals surface area contributed by atoms with Crippen molar-refractivity contribution < 1.29 is 18.7 Å². The number of hydrogen-bond acceptors (Lipinski definition) is 5. The van der Waals surface area contributed by atoms with Crippen LogP contribution in [0.3, 0.4) is 0 Å². The van der Waals surface area contributed by atoms with Gasteiger partial charge >= 0.3 is 0 Å². The number of carbonyl (C=O) groups is 2. The van der Waals surface area contributed by atoms with Crippen molar-refractivity contribution in [1.29, 1.82) is 5.26 Å². The lowest BCUT2D eigenvalue weighted by Gasteiger charge is -2.33. The van der Waals surface area contributed by atoms with Gasteiger partial charge in [0.25, 0.3) is 5.91 Å². The Bertz CT molecular complexity index is 1040. The summed E-state index contributed by atoms with van der Waals surface area (Å²) in [7, 11) is 1.42. The lowest BCUT2D eigenvalue weighted by molar-refractivity contribution is -0.143. The van der Waals surface area contributed by atoms with Crippen LogP contribution in [0, 0.1) is 17.1 Å². The molecule has 0 saturated carbocycles. The molecule has 6 nitrogen and oxygen atoms in total. The minimum Gasteiger partial charge on any atom is -0.375 e. The van der Waals surface area contributed by atoms with Crippen molar-refractivity contribution in [3.8, 4) is 6.07 Å². The Labute approximate surface area is 171 Å². The average molecular weight is 411 g/mol. The molecule has 1 fully saturated rings. The highest BCUT2D eigenvalue weighted by atomic mass is 32.2. The highest BCUT2D eigenvalue weighted by molar-refractivity contribution is 8.01. The fourth-order valence-electron chi connectivity index (χ4n) is 3.92. The van der Waals surface area contributed by atoms with Gasteiger partial charge in [0.1, 0.15) is 12.4 Å². The van der Waals surface area contributed by atoms with Crippen LogP contribution >= 0.6 is 11.8 Å². The van der Waals surface area contributed by atoms with Gasteiger partial charge in [-0.3, -0.25) is 9.59 Å². The molecular weight excluding hydrogens is 393 g/mol. The SMILES string of the molecule is COCC(=O)N1CCSC12C(=O)N(Cc1cccc(C#N)c1)c1ccc(F)cc12. The summed E-state index contributed by atoms with van der Waals surface area (Å²) in [5.74, 6) is -0.493. The number of thioether (sulfide) groups is 1. The molecule has 2 aliphatic heterocycles. The number of amides is 2. The van der Waals surface area contributed by atoms with Gasteiger partial charge in [-0.1, -0.05) is 12.1 Å². The molecule has 148 valence electrons. The number of nitrogens with zero attached hydrogens (tertiary/aromatic N) is 3. The number of carbonyl (C=O) groups excluding carboxylic acids is 2. The Kier molecular flexibility index (Phi) is 5.03. The Morgan fingerprint density at radius 3 is 2.93 bits per heavy atom. The Hall–Kier alpha value is -2.89. The molecule has 0 N–H and O–H groups in total. The van der Waals surface area contributed by atoms with Crippen LogP contribution in [0.5, 0.6) is 0 Å². The summed E-state index contributed by atoms with van der Waals surface area (Å²) in [4.78, 5) is 28.1. The zero-order valence-electron chi connectivity index (χ0n) is 15.7. The lowest BCUT2D eigenvalue weighted by Crippen LogP contribution is -2.51. The molecular formula is C21H18FN3O3S. The van der Waals surface area contributed by atoms with Crippen LogP contribution in [-0.4, -0.2) is 42.7 Å². The second-order valence-electron chi connectivity index (χ2n) is 6.84. The van der Waals surface area contributed by atoms with Crippen LogP contribution < -0.4 is 4.90 Å². The van der Waals surface area contributed by atoms with Crippen LogP contribution in [0.2, 0.25) is 0 Å². The first kappa shape index (κ1) is 19.4. The zero-order chi connectivity index (χ0) is 20.6. The number of anilines is 1. The Balaban J connectivity index is 1.79. The molecule has 2 aliphatic rings. The first-order chi connectivity index (χ1) is 14.0. The van der Waals surface area contributed by atoms with Gasteiger partial charge in [-0.2, -0.15) is 5.26 Å². The van der Waals surface area contributed by atoms with Crippen molar-refractivity contribution in [2.24, 2.45) is 0 Å². The van der Waals surface area contributed by atoms with E-state index in [0.29, 0.717) is 29.1 Å². The number of ether oxygens (including phenoxy) is 1. The number of benzene rings is 2. The van der Waals surface area contributed by atoms with Crippen LogP contribution in [0.4, 0.5) is 10.1 Å². The molecule has 0 aliphatic carbocycles. The first-order valence-corrected chi connectivity index (χ1v) is 10.0. The maximum absolute atomic E-state index is 14.2. The van der Waals surface area contributed by atoms with Crippen molar-refractivity contribution in [1.82, 2.24) is 4.90 Å². The minimum absolute atomic E-state index is 0.148. The van der Waals surface area contributed by atoms with E-state index in [0.717, 1.165) is 5.56 Å². The fourth-order valence-corrected chi connectivity index (χ4v) is 5.39. The fraction of sp³-hybridized carbons (Fsp3) is 0.286. The van der Waals surface area contributed by atoms with Crippen molar-refractivity contribution in [3.05, 3.63) is 65.0 Å². The lowest BCUT2D eigenvalue weighted by atomic mass is 10.1. The minimum atomic E-state index is -1.29. The van der Waals surface area contributed by atoms with E-state index in [1.807, 2.05) is 6.07 Å². The number of nitriles is 1. The molecule has 0 radical (unpaired) electrons. The van der Waals surface area contributed by atoms with E-state index >= 15 is 0 Å². The summed E-state index contributed by atoms with van der Waals surface area (Å²) >= 11 is 1.34. The van der Waals surface area contributed by atoms with Gasteiger partial charge in [0, 0.05) is 25.0 Å². The molecule has 29 heavy (non-hydrogen) atoms. The molecule has 2 aromatic carbocycles. The predicted molar refractivity (Wildman–Crippen MR) is 106 cm³/mol. The van der Waals surface area contributed by atoms with Gasteiger partial charge in [0.2, 0.25) is 5.91 Å². The van der Waals surface area contributed by atoms with Crippen LogP contribution in [-0.2, 0) is 25.7 Å². The quantitative estimate of drug-likeness (QED) is 0.773. The monoisotopic (exact) mass is 411 g/mol. The summed E-state index contributed by atoms with van der Waals surface area (Å²) in [5.41, 5.74) is 2.33. The molecule has 2 amide bonds. The summed E-state index contributed by atoms with van der Waals surface area (Å²) < 4.78 is 19.1. The van der Waals surface area contributed by atoms with Gasteiger partial charge in [-0.25, -0.2) is 4.39 Å². The van der Waals surface area contributed by atoms with Crippen LogP contribution in [0.15, 0.2) is 42.5 Å². The first-order valence-electron chi connectivity index (χ1n) is 9.05. The van der Waals surface area contributed by atoms with Crippen molar-refractivity contribution in [2.75, 3.05) is 30.9 Å². The van der Waals surface area contributed by atoms with Crippen molar-refractivity contribution in [3.63, 3.8) is 0 Å². The molecule has 1 saturated heterocycles. The number of halogens is 1. The highest BCUT2D eigenvalue weighted by Gasteiger charge is 2.59.